The number of rotatable bonds is 10. The predicted molar refractivity (Wildman–Crippen MR) is 102 cm³/mol. The van der Waals surface area contributed by atoms with Crippen LogP contribution in [0.25, 0.3) is 0 Å². The van der Waals surface area contributed by atoms with Crippen molar-refractivity contribution in [1.29, 1.82) is 0 Å². The van der Waals surface area contributed by atoms with E-state index < -0.39 is 43.3 Å². The van der Waals surface area contributed by atoms with Crippen LogP contribution in [-0.2, 0) is 9.53 Å². The van der Waals surface area contributed by atoms with E-state index in [1.54, 1.807) is 13.8 Å². The van der Waals surface area contributed by atoms with E-state index in [0.717, 1.165) is 12.8 Å². The molecule has 1 N–H and O–H groups in total. The number of nitrogens with one attached hydrogen (secondary N) is 1. The molecule has 0 aromatic carbocycles. The third-order valence-electron chi connectivity index (χ3n) is 5.55. The molecule has 7 nitrogen and oxygen atoms in total. The molecule has 166 valence electrons. The van der Waals surface area contributed by atoms with Gasteiger partial charge in [0.2, 0.25) is 12.7 Å². The number of anilines is 1. The van der Waals surface area contributed by atoms with Crippen LogP contribution < -0.4 is 15.0 Å². The van der Waals surface area contributed by atoms with Crippen molar-refractivity contribution in [3.8, 4) is 5.88 Å². The summed E-state index contributed by atoms with van der Waals surface area (Å²) < 4.78 is 49.3. The summed E-state index contributed by atoms with van der Waals surface area (Å²) in [6, 6.07) is 2.90. The molecule has 1 saturated carbocycles. The van der Waals surface area contributed by atoms with E-state index >= 15 is 0 Å². The monoisotopic (exact) mass is 429 g/mol. The summed E-state index contributed by atoms with van der Waals surface area (Å²) in [4.78, 5) is 30.7. The van der Waals surface area contributed by atoms with Gasteiger partial charge in [0.25, 0.3) is 11.8 Å². The lowest BCUT2D eigenvalue weighted by molar-refractivity contribution is -0.155. The molecule has 30 heavy (non-hydrogen) atoms. The minimum atomic E-state index is -2.76. The van der Waals surface area contributed by atoms with Gasteiger partial charge < -0.3 is 19.7 Å². The van der Waals surface area contributed by atoms with Gasteiger partial charge in [-0.15, -0.1) is 0 Å². The number of hydrogen-bond donors (Lipinski definition) is 1. The molecule has 1 saturated heterocycles. The van der Waals surface area contributed by atoms with E-state index in [-0.39, 0.29) is 24.4 Å². The molecule has 2 heterocycles. The molecule has 3 rings (SSSR count). The molecule has 2 fully saturated rings. The van der Waals surface area contributed by atoms with E-state index in [4.69, 9.17) is 4.74 Å². The zero-order valence-corrected chi connectivity index (χ0v) is 17.1. The third kappa shape index (κ3) is 4.79. The van der Waals surface area contributed by atoms with Gasteiger partial charge in [0.15, 0.2) is 0 Å². The number of esters is 1. The zero-order valence-electron chi connectivity index (χ0n) is 17.1. The summed E-state index contributed by atoms with van der Waals surface area (Å²) in [5.41, 5.74) is -1.03. The van der Waals surface area contributed by atoms with E-state index in [1.165, 1.54) is 17.0 Å². The maximum absolute atomic E-state index is 13.3. The van der Waals surface area contributed by atoms with Gasteiger partial charge >= 0.3 is 5.97 Å². The van der Waals surface area contributed by atoms with Crippen molar-refractivity contribution in [1.82, 2.24) is 10.3 Å². The maximum Gasteiger partial charge on any atom is 0.334 e. The van der Waals surface area contributed by atoms with Crippen LogP contribution in [0.15, 0.2) is 12.1 Å². The van der Waals surface area contributed by atoms with Crippen LogP contribution in [0.5, 0.6) is 5.88 Å². The zero-order chi connectivity index (χ0) is 21.9. The summed E-state index contributed by atoms with van der Waals surface area (Å²) in [5, 5.41) is 2.59. The molecule has 0 unspecified atom stereocenters. The van der Waals surface area contributed by atoms with Gasteiger partial charge in [-0.1, -0.05) is 13.8 Å². The van der Waals surface area contributed by atoms with E-state index in [9.17, 15) is 22.8 Å². The smallest absolute Gasteiger partial charge is 0.334 e. The van der Waals surface area contributed by atoms with Gasteiger partial charge in [-0.25, -0.2) is 22.9 Å². The number of aromatic nitrogens is 1. The van der Waals surface area contributed by atoms with E-state index in [2.05, 4.69) is 15.0 Å². The number of amides is 1. The Labute approximate surface area is 172 Å². The van der Waals surface area contributed by atoms with Crippen molar-refractivity contribution >= 4 is 17.6 Å². The number of hydrogen-bond acceptors (Lipinski definition) is 6. The van der Waals surface area contributed by atoms with Crippen molar-refractivity contribution in [2.24, 2.45) is 5.92 Å². The highest BCUT2D eigenvalue weighted by atomic mass is 19.3. The second-order valence-electron chi connectivity index (χ2n) is 7.77. The standard InChI is InChI=1S/C20H26F3N3O4/c1-3-19(4-2,18(28)30-12-21)25-16(27)14-7-8-15(26-10-20(22,23)11-26)17(24-14)29-9-13-5-6-13/h7-8,13H,3-6,9-12H2,1-2H3,(H,25,27). The lowest BCUT2D eigenvalue weighted by Gasteiger charge is -2.40. The fourth-order valence-electron chi connectivity index (χ4n) is 3.31. The molecule has 0 spiro atoms. The van der Waals surface area contributed by atoms with E-state index in [0.29, 0.717) is 18.2 Å². The van der Waals surface area contributed by atoms with Crippen molar-refractivity contribution < 1.29 is 32.2 Å². The molecule has 1 aromatic heterocycles. The van der Waals surface area contributed by atoms with Crippen LogP contribution in [0.3, 0.4) is 0 Å². The Morgan fingerprint density at radius 3 is 2.47 bits per heavy atom. The van der Waals surface area contributed by atoms with Gasteiger partial charge in [-0.3, -0.25) is 4.79 Å². The van der Waals surface area contributed by atoms with Crippen molar-refractivity contribution in [3.63, 3.8) is 0 Å². The average Bonchev–Trinajstić information content (AvgIpc) is 3.53. The lowest BCUT2D eigenvalue weighted by Crippen LogP contribution is -2.56. The Hall–Kier alpha value is -2.52. The topological polar surface area (TPSA) is 80.8 Å². The first-order valence-corrected chi connectivity index (χ1v) is 10.1. The summed E-state index contributed by atoms with van der Waals surface area (Å²) in [6.07, 6.45) is 2.45. The first-order valence-electron chi connectivity index (χ1n) is 10.1. The number of ether oxygens (including phenoxy) is 2. The average molecular weight is 429 g/mol. The SMILES string of the molecule is CCC(CC)(NC(=O)c1ccc(N2CC(F)(F)C2)c(OCC2CC2)n1)C(=O)OCF. The molecule has 0 radical (unpaired) electrons. The fourth-order valence-corrected chi connectivity index (χ4v) is 3.31. The van der Waals surface area contributed by atoms with E-state index in [1.807, 2.05) is 0 Å². The highest BCUT2D eigenvalue weighted by molar-refractivity contribution is 5.97. The van der Waals surface area contributed by atoms with Gasteiger partial charge in [0.05, 0.1) is 19.7 Å². The highest BCUT2D eigenvalue weighted by Crippen LogP contribution is 2.38. The number of carbonyl (C=O) groups excluding carboxylic acids is 2. The van der Waals surface area contributed by atoms with Crippen LogP contribution in [0.1, 0.15) is 50.0 Å². The predicted octanol–water partition coefficient (Wildman–Crippen LogP) is 3.08. The van der Waals surface area contributed by atoms with Gasteiger partial charge in [-0.2, -0.15) is 0 Å². The maximum atomic E-state index is 13.3. The second kappa shape index (κ2) is 8.69. The van der Waals surface area contributed by atoms with Gasteiger partial charge in [-0.05, 0) is 43.7 Å². The molecule has 1 amide bonds. The number of alkyl halides is 3. The second-order valence-corrected chi connectivity index (χ2v) is 7.77. The molecular formula is C20H26F3N3O4. The van der Waals surface area contributed by atoms with Gasteiger partial charge in [0.1, 0.15) is 16.9 Å². The Bertz CT molecular complexity index is 790. The Morgan fingerprint density at radius 2 is 1.93 bits per heavy atom. The highest BCUT2D eigenvalue weighted by Gasteiger charge is 2.45. The quantitative estimate of drug-likeness (QED) is 0.576. The summed E-state index contributed by atoms with van der Waals surface area (Å²) >= 11 is 0. The van der Waals surface area contributed by atoms with Gasteiger partial charge in [0, 0.05) is 0 Å². The van der Waals surface area contributed by atoms with Crippen molar-refractivity contribution in [3.05, 3.63) is 17.8 Å². The first kappa shape index (κ1) is 22.2. The summed E-state index contributed by atoms with van der Waals surface area (Å²) in [5.74, 6) is -3.78. The molecule has 1 aromatic rings. The largest absolute Gasteiger partial charge is 0.476 e. The van der Waals surface area contributed by atoms with Crippen LogP contribution in [0.2, 0.25) is 0 Å². The van der Waals surface area contributed by atoms with Crippen LogP contribution in [0.4, 0.5) is 18.9 Å². The number of pyridine rings is 1. The fraction of sp³-hybridized carbons (Fsp3) is 0.650. The van der Waals surface area contributed by atoms with Crippen LogP contribution in [0, 0.1) is 5.92 Å². The minimum absolute atomic E-state index is 0.0313. The Balaban J connectivity index is 1.80. The normalized spacial score (nSPS) is 17.8. The number of carbonyl (C=O) groups is 2. The third-order valence-corrected chi connectivity index (χ3v) is 5.55. The van der Waals surface area contributed by atoms with Crippen molar-refractivity contribution in [2.45, 2.75) is 51.0 Å². The first-order chi connectivity index (χ1) is 14.2. The lowest BCUT2D eigenvalue weighted by atomic mass is 9.92. The number of nitrogens with zero attached hydrogens (tertiary/aromatic N) is 2. The summed E-state index contributed by atoms with van der Waals surface area (Å²) in [7, 11) is 0. The molecule has 1 aliphatic carbocycles. The molecule has 2 aliphatic rings. The number of halogens is 3. The summed E-state index contributed by atoms with van der Waals surface area (Å²) in [6.45, 7) is 1.57. The Kier molecular flexibility index (Phi) is 6.42. The molecule has 0 atom stereocenters. The van der Waals surface area contributed by atoms with Crippen molar-refractivity contribution in [2.75, 3.05) is 31.5 Å². The van der Waals surface area contributed by atoms with Crippen LogP contribution >= 0.6 is 0 Å². The Morgan fingerprint density at radius 1 is 1.27 bits per heavy atom. The van der Waals surface area contributed by atoms with Crippen LogP contribution in [-0.4, -0.2) is 54.9 Å². The minimum Gasteiger partial charge on any atom is -0.476 e. The molecule has 0 bridgehead atoms. The molecular weight excluding hydrogens is 403 g/mol. The molecule has 1 aliphatic heterocycles. The molecule has 10 heteroatoms.